The first-order valence-corrected chi connectivity index (χ1v) is 10.7. The summed E-state index contributed by atoms with van der Waals surface area (Å²) >= 11 is 0. The summed E-state index contributed by atoms with van der Waals surface area (Å²) in [6.45, 7) is 1.16. The van der Waals surface area contributed by atoms with Crippen LogP contribution in [0.25, 0.3) is 0 Å². The average Bonchev–Trinajstić information content (AvgIpc) is 2.82. The SMILES string of the molecule is Cc1c(F)c(C(Nc2ccccn2)C2=CCC3C=CC=NC3=C2)c(F)c(F)c1CCC(F)(F)F. The molecule has 178 valence electrons. The van der Waals surface area contributed by atoms with E-state index in [0.717, 1.165) is 6.92 Å². The number of rotatable bonds is 6. The Hall–Kier alpha value is -3.36. The predicted molar refractivity (Wildman–Crippen MR) is 118 cm³/mol. The number of nitrogens with one attached hydrogen (secondary N) is 1. The van der Waals surface area contributed by atoms with Crippen LogP contribution in [0.2, 0.25) is 0 Å². The molecule has 9 heteroatoms. The van der Waals surface area contributed by atoms with Crippen molar-refractivity contribution < 1.29 is 26.3 Å². The third kappa shape index (κ3) is 4.93. The van der Waals surface area contributed by atoms with Gasteiger partial charge in [0.1, 0.15) is 11.6 Å². The van der Waals surface area contributed by atoms with Gasteiger partial charge < -0.3 is 5.32 Å². The van der Waals surface area contributed by atoms with Crippen molar-refractivity contribution in [3.8, 4) is 0 Å². The number of fused-ring (bicyclic) bond motifs is 1. The van der Waals surface area contributed by atoms with Crippen molar-refractivity contribution in [2.24, 2.45) is 10.9 Å². The van der Waals surface area contributed by atoms with Gasteiger partial charge in [0.25, 0.3) is 0 Å². The van der Waals surface area contributed by atoms with Gasteiger partial charge in [0.2, 0.25) is 0 Å². The third-order valence-corrected chi connectivity index (χ3v) is 5.91. The summed E-state index contributed by atoms with van der Waals surface area (Å²) in [6.07, 6.45) is 4.00. The fourth-order valence-corrected chi connectivity index (χ4v) is 4.13. The van der Waals surface area contributed by atoms with Crippen LogP contribution in [0.4, 0.5) is 32.2 Å². The van der Waals surface area contributed by atoms with Crippen molar-refractivity contribution in [1.29, 1.82) is 0 Å². The van der Waals surface area contributed by atoms with Crippen LogP contribution in [0.3, 0.4) is 0 Å². The van der Waals surface area contributed by atoms with Gasteiger partial charge in [0.15, 0.2) is 11.6 Å². The Bertz CT molecular complexity index is 1170. The molecule has 2 unspecified atom stereocenters. The van der Waals surface area contributed by atoms with Gasteiger partial charge in [-0.3, -0.25) is 4.99 Å². The number of hydrogen-bond donors (Lipinski definition) is 1. The summed E-state index contributed by atoms with van der Waals surface area (Å²) in [5, 5.41) is 2.95. The summed E-state index contributed by atoms with van der Waals surface area (Å²) in [5.41, 5.74) is -0.456. The number of benzene rings is 1. The van der Waals surface area contributed by atoms with E-state index in [1.165, 1.54) is 6.20 Å². The van der Waals surface area contributed by atoms with E-state index in [1.807, 2.05) is 12.2 Å². The van der Waals surface area contributed by atoms with Crippen molar-refractivity contribution in [3.05, 3.63) is 94.1 Å². The highest BCUT2D eigenvalue weighted by Crippen LogP contribution is 2.39. The Balaban J connectivity index is 1.80. The smallest absolute Gasteiger partial charge is 0.359 e. The molecule has 1 aromatic heterocycles. The molecular formula is C25H21F6N3. The van der Waals surface area contributed by atoms with Gasteiger partial charge >= 0.3 is 6.18 Å². The molecule has 2 atom stereocenters. The van der Waals surface area contributed by atoms with Crippen molar-refractivity contribution in [3.63, 3.8) is 0 Å². The summed E-state index contributed by atoms with van der Waals surface area (Å²) in [5.74, 6) is -3.80. The lowest BCUT2D eigenvalue weighted by molar-refractivity contribution is -0.134. The first kappa shape index (κ1) is 23.8. The fraction of sp³-hybridized carbons (Fsp3) is 0.280. The quantitative estimate of drug-likeness (QED) is 0.362. The number of dihydropyridines is 1. The number of aromatic nitrogens is 1. The second-order valence-electron chi connectivity index (χ2n) is 8.15. The highest BCUT2D eigenvalue weighted by atomic mass is 19.4. The standard InChI is InChI=1S/C25H21F6N3/c1-14-17(9-10-25(29,30)31)22(27)23(28)20(21(14)26)24(34-19-6-2-3-11-33-19)16-8-7-15-5-4-12-32-18(15)13-16/h2-6,8,11-13,15,24H,7,9-10H2,1H3,(H,33,34). The molecule has 34 heavy (non-hydrogen) atoms. The average molecular weight is 477 g/mol. The van der Waals surface area contributed by atoms with Gasteiger partial charge in [0, 0.05) is 30.4 Å². The van der Waals surface area contributed by atoms with Crippen molar-refractivity contribution in [2.75, 3.05) is 5.32 Å². The monoisotopic (exact) mass is 477 g/mol. The molecule has 0 radical (unpaired) electrons. The summed E-state index contributed by atoms with van der Waals surface area (Å²) in [4.78, 5) is 8.46. The fourth-order valence-electron chi connectivity index (χ4n) is 4.13. The number of hydrogen-bond acceptors (Lipinski definition) is 3. The summed E-state index contributed by atoms with van der Waals surface area (Å²) < 4.78 is 83.9. The maximum Gasteiger partial charge on any atom is 0.389 e. The van der Waals surface area contributed by atoms with E-state index in [-0.39, 0.29) is 11.5 Å². The molecule has 2 aromatic rings. The topological polar surface area (TPSA) is 37.3 Å². The molecule has 0 amide bonds. The van der Waals surface area contributed by atoms with Crippen LogP contribution in [-0.2, 0) is 6.42 Å². The van der Waals surface area contributed by atoms with Crippen molar-refractivity contribution in [2.45, 2.75) is 38.4 Å². The Kier molecular flexibility index (Phi) is 6.63. The third-order valence-electron chi connectivity index (χ3n) is 5.91. The minimum Gasteiger partial charge on any atom is -0.359 e. The van der Waals surface area contributed by atoms with Crippen molar-refractivity contribution in [1.82, 2.24) is 4.98 Å². The molecule has 2 heterocycles. The minimum atomic E-state index is -4.59. The lowest BCUT2D eigenvalue weighted by Crippen LogP contribution is -2.22. The van der Waals surface area contributed by atoms with Crippen LogP contribution in [0.1, 0.15) is 35.6 Å². The first-order chi connectivity index (χ1) is 16.2. The van der Waals surface area contributed by atoms with Crippen LogP contribution in [0.5, 0.6) is 0 Å². The van der Waals surface area contributed by atoms with E-state index >= 15 is 8.78 Å². The summed E-state index contributed by atoms with van der Waals surface area (Å²) in [7, 11) is 0. The van der Waals surface area contributed by atoms with Gasteiger partial charge in [0.05, 0.1) is 11.6 Å². The first-order valence-electron chi connectivity index (χ1n) is 10.7. The lowest BCUT2D eigenvalue weighted by atomic mass is 9.85. The summed E-state index contributed by atoms with van der Waals surface area (Å²) in [6, 6.07) is 3.74. The number of alkyl halides is 3. The van der Waals surface area contributed by atoms with Gasteiger partial charge in [-0.2, -0.15) is 13.2 Å². The molecule has 0 saturated carbocycles. The van der Waals surface area contributed by atoms with Gasteiger partial charge in [-0.25, -0.2) is 18.2 Å². The Morgan fingerprint density at radius 1 is 1.12 bits per heavy atom. The van der Waals surface area contributed by atoms with E-state index in [9.17, 15) is 17.6 Å². The molecule has 0 saturated heterocycles. The van der Waals surface area contributed by atoms with Gasteiger partial charge in [-0.1, -0.05) is 18.2 Å². The highest BCUT2D eigenvalue weighted by Gasteiger charge is 2.33. The lowest BCUT2D eigenvalue weighted by Gasteiger charge is -2.28. The van der Waals surface area contributed by atoms with Crippen LogP contribution in [-0.4, -0.2) is 17.4 Å². The zero-order chi connectivity index (χ0) is 24.5. The molecule has 0 bridgehead atoms. The molecule has 1 aliphatic carbocycles. The Labute approximate surface area is 192 Å². The zero-order valence-corrected chi connectivity index (χ0v) is 18.1. The maximum absolute atomic E-state index is 15.5. The molecule has 3 nitrogen and oxygen atoms in total. The highest BCUT2D eigenvalue weighted by molar-refractivity contribution is 5.74. The zero-order valence-electron chi connectivity index (χ0n) is 18.1. The van der Waals surface area contributed by atoms with Crippen LogP contribution >= 0.6 is 0 Å². The normalized spacial score (nSPS) is 18.3. The Morgan fingerprint density at radius 3 is 2.62 bits per heavy atom. The number of aliphatic imine (C=N–C) groups is 1. The molecule has 2 aliphatic rings. The van der Waals surface area contributed by atoms with Crippen molar-refractivity contribution >= 4 is 12.0 Å². The maximum atomic E-state index is 15.5. The van der Waals surface area contributed by atoms with Gasteiger partial charge in [-0.15, -0.1) is 0 Å². The van der Waals surface area contributed by atoms with E-state index in [0.29, 0.717) is 23.5 Å². The minimum absolute atomic E-state index is 0.0159. The largest absolute Gasteiger partial charge is 0.389 e. The predicted octanol–water partition coefficient (Wildman–Crippen LogP) is 6.93. The number of anilines is 1. The number of allylic oxidation sites excluding steroid dienone is 3. The molecule has 1 aliphatic heterocycles. The van der Waals surface area contributed by atoms with E-state index in [2.05, 4.69) is 15.3 Å². The molecule has 0 spiro atoms. The van der Waals surface area contributed by atoms with Gasteiger partial charge in [-0.05, 0) is 60.8 Å². The second-order valence-corrected chi connectivity index (χ2v) is 8.15. The number of pyridine rings is 1. The molecule has 1 aromatic carbocycles. The number of nitrogens with zero attached hydrogens (tertiary/aromatic N) is 2. The number of halogens is 6. The van der Waals surface area contributed by atoms with Crippen LogP contribution < -0.4 is 5.32 Å². The van der Waals surface area contributed by atoms with Crippen LogP contribution in [0, 0.1) is 30.3 Å². The Morgan fingerprint density at radius 2 is 1.91 bits per heavy atom. The van der Waals surface area contributed by atoms with E-state index < -0.39 is 53.6 Å². The van der Waals surface area contributed by atoms with Crippen LogP contribution in [0.15, 0.2) is 65.0 Å². The molecule has 0 fully saturated rings. The second kappa shape index (κ2) is 9.48. The molecular weight excluding hydrogens is 456 g/mol. The van der Waals surface area contributed by atoms with E-state index in [1.54, 1.807) is 36.6 Å². The molecule has 4 rings (SSSR count). The molecule has 1 N–H and O–H groups in total. The van der Waals surface area contributed by atoms with E-state index in [4.69, 9.17) is 0 Å².